The molecule has 8 nitrogen and oxygen atoms in total. The van der Waals surface area contributed by atoms with Gasteiger partial charge in [-0.3, -0.25) is 25.2 Å². The Hall–Kier alpha value is -3.29. The number of aryl methyl sites for hydroxylation is 1. The number of hydrogen-bond acceptors (Lipinski definition) is 6. The highest BCUT2D eigenvalue weighted by Crippen LogP contribution is 2.29. The van der Waals surface area contributed by atoms with Crippen molar-refractivity contribution in [3.05, 3.63) is 67.8 Å². The first-order chi connectivity index (χ1) is 10.4. The molecule has 8 heteroatoms. The van der Waals surface area contributed by atoms with Gasteiger partial charge in [-0.1, -0.05) is 12.1 Å². The largest absolute Gasteiger partial charge is 0.502 e. The van der Waals surface area contributed by atoms with Crippen molar-refractivity contribution in [2.45, 2.75) is 6.92 Å². The van der Waals surface area contributed by atoms with E-state index in [4.69, 9.17) is 0 Å². The fraction of sp³-hybridized carbons (Fsp3) is 0.0714. The van der Waals surface area contributed by atoms with Crippen molar-refractivity contribution in [2.75, 3.05) is 0 Å². The topological polar surface area (TPSA) is 119 Å². The summed E-state index contributed by atoms with van der Waals surface area (Å²) in [6.07, 6.45) is 1.22. The Labute approximate surface area is 124 Å². The van der Waals surface area contributed by atoms with E-state index in [2.05, 4.69) is 4.99 Å². The van der Waals surface area contributed by atoms with Crippen LogP contribution in [0.3, 0.4) is 0 Å². The predicted octanol–water partition coefficient (Wildman–Crippen LogP) is 3.27. The van der Waals surface area contributed by atoms with Gasteiger partial charge in [0.2, 0.25) is 5.75 Å². The highest BCUT2D eigenvalue weighted by atomic mass is 16.6. The fourth-order valence-corrected chi connectivity index (χ4v) is 1.82. The molecule has 0 amide bonds. The monoisotopic (exact) mass is 301 g/mol. The molecule has 0 saturated heterocycles. The quantitative estimate of drug-likeness (QED) is 0.528. The third kappa shape index (κ3) is 3.06. The van der Waals surface area contributed by atoms with Gasteiger partial charge in [0.25, 0.3) is 5.69 Å². The van der Waals surface area contributed by atoms with Gasteiger partial charge in [0.05, 0.1) is 15.5 Å². The second-order valence-electron chi connectivity index (χ2n) is 4.46. The van der Waals surface area contributed by atoms with Crippen molar-refractivity contribution in [2.24, 2.45) is 4.99 Å². The number of aromatic hydroxyl groups is 1. The van der Waals surface area contributed by atoms with Crippen LogP contribution in [0.5, 0.6) is 5.75 Å². The number of hydrogen-bond donors (Lipinski definition) is 1. The minimum absolute atomic E-state index is 0.0714. The first-order valence-electron chi connectivity index (χ1n) is 6.15. The zero-order chi connectivity index (χ0) is 16.3. The molecule has 0 aliphatic rings. The van der Waals surface area contributed by atoms with Crippen LogP contribution < -0.4 is 0 Å². The molecule has 2 aromatic rings. The van der Waals surface area contributed by atoms with Crippen LogP contribution in [0.15, 0.2) is 41.4 Å². The number of nitro groups is 2. The number of nitro benzene ring substituents is 2. The standard InChI is InChI=1S/C14H11N3O5/c1-9-5-6-11(7-13(9)17(21)22)15-8-10-3-2-4-12(14(10)18)16(19)20/h2-8,18H,1H3. The molecule has 0 atom stereocenters. The highest BCUT2D eigenvalue weighted by Gasteiger charge is 2.15. The van der Waals surface area contributed by atoms with Crippen molar-refractivity contribution < 1.29 is 15.0 Å². The van der Waals surface area contributed by atoms with Crippen LogP contribution in [0, 0.1) is 27.2 Å². The Morgan fingerprint density at radius 2 is 1.77 bits per heavy atom. The molecule has 22 heavy (non-hydrogen) atoms. The summed E-state index contributed by atoms with van der Waals surface area (Å²) >= 11 is 0. The average molecular weight is 301 g/mol. The number of para-hydroxylation sites is 1. The van der Waals surface area contributed by atoms with Gasteiger partial charge >= 0.3 is 5.69 Å². The molecule has 1 N–H and O–H groups in total. The van der Waals surface area contributed by atoms with Crippen LogP contribution in [0.1, 0.15) is 11.1 Å². The minimum Gasteiger partial charge on any atom is -0.502 e. The molecular formula is C14H11N3O5. The van der Waals surface area contributed by atoms with Gasteiger partial charge in [0.15, 0.2) is 0 Å². The molecule has 2 aromatic carbocycles. The number of rotatable bonds is 4. The second-order valence-corrected chi connectivity index (χ2v) is 4.46. The molecule has 0 saturated carbocycles. The smallest absolute Gasteiger partial charge is 0.311 e. The maximum Gasteiger partial charge on any atom is 0.311 e. The van der Waals surface area contributed by atoms with E-state index in [0.717, 1.165) is 0 Å². The third-order valence-electron chi connectivity index (χ3n) is 2.98. The Morgan fingerprint density at radius 3 is 2.41 bits per heavy atom. The van der Waals surface area contributed by atoms with Crippen LogP contribution >= 0.6 is 0 Å². The number of phenols is 1. The van der Waals surface area contributed by atoms with E-state index < -0.39 is 21.3 Å². The zero-order valence-electron chi connectivity index (χ0n) is 11.5. The number of aliphatic imine (C=N–C) groups is 1. The van der Waals surface area contributed by atoms with E-state index in [1.165, 1.54) is 30.5 Å². The van der Waals surface area contributed by atoms with Gasteiger partial charge in [0, 0.05) is 29.5 Å². The van der Waals surface area contributed by atoms with Crippen LogP contribution in [0.2, 0.25) is 0 Å². The molecule has 0 aromatic heterocycles. The van der Waals surface area contributed by atoms with E-state index in [1.807, 2.05) is 0 Å². The summed E-state index contributed by atoms with van der Waals surface area (Å²) in [6.45, 7) is 1.61. The first-order valence-corrected chi connectivity index (χ1v) is 6.15. The van der Waals surface area contributed by atoms with Gasteiger partial charge < -0.3 is 5.11 Å². The Morgan fingerprint density at radius 1 is 1.09 bits per heavy atom. The van der Waals surface area contributed by atoms with Crippen LogP contribution in [-0.2, 0) is 0 Å². The SMILES string of the molecule is Cc1ccc(N=Cc2cccc([N+](=O)[O-])c2O)cc1[N+](=O)[O-]. The lowest BCUT2D eigenvalue weighted by molar-refractivity contribution is -0.385. The van der Waals surface area contributed by atoms with E-state index in [1.54, 1.807) is 19.1 Å². The summed E-state index contributed by atoms with van der Waals surface area (Å²) in [5.74, 6) is -0.502. The molecule has 0 fully saturated rings. The van der Waals surface area contributed by atoms with E-state index in [0.29, 0.717) is 11.3 Å². The van der Waals surface area contributed by atoms with E-state index in [9.17, 15) is 25.3 Å². The lowest BCUT2D eigenvalue weighted by atomic mass is 10.1. The summed E-state index contributed by atoms with van der Waals surface area (Å²) < 4.78 is 0. The molecule has 0 spiro atoms. The summed E-state index contributed by atoms with van der Waals surface area (Å²) in [5, 5.41) is 31.4. The van der Waals surface area contributed by atoms with Gasteiger partial charge in [-0.15, -0.1) is 0 Å². The average Bonchev–Trinajstić information content (AvgIpc) is 2.47. The van der Waals surface area contributed by atoms with Crippen LogP contribution in [0.4, 0.5) is 17.1 Å². The van der Waals surface area contributed by atoms with Gasteiger partial charge in [-0.05, 0) is 19.1 Å². The molecule has 0 aliphatic heterocycles. The van der Waals surface area contributed by atoms with Crippen molar-refractivity contribution in [3.8, 4) is 5.75 Å². The number of nitrogens with zero attached hydrogens (tertiary/aromatic N) is 3. The fourth-order valence-electron chi connectivity index (χ4n) is 1.82. The summed E-state index contributed by atoms with van der Waals surface area (Å²) in [6, 6.07) is 8.46. The lowest BCUT2D eigenvalue weighted by Crippen LogP contribution is -1.92. The molecular weight excluding hydrogens is 290 g/mol. The number of phenolic OH excluding ortho intramolecular Hbond substituents is 1. The molecule has 0 radical (unpaired) electrons. The molecule has 2 rings (SSSR count). The third-order valence-corrected chi connectivity index (χ3v) is 2.98. The van der Waals surface area contributed by atoms with Gasteiger partial charge in [0.1, 0.15) is 0 Å². The Balaban J connectivity index is 2.37. The van der Waals surface area contributed by atoms with Crippen molar-refractivity contribution in [1.82, 2.24) is 0 Å². The Kier molecular flexibility index (Phi) is 4.12. The predicted molar refractivity (Wildman–Crippen MR) is 79.8 cm³/mol. The Bertz CT molecular complexity index is 786. The zero-order valence-corrected chi connectivity index (χ0v) is 11.5. The second kappa shape index (κ2) is 6.00. The lowest BCUT2D eigenvalue weighted by Gasteiger charge is -2.00. The van der Waals surface area contributed by atoms with Crippen molar-refractivity contribution in [1.29, 1.82) is 0 Å². The maximum absolute atomic E-state index is 10.9. The minimum atomic E-state index is -0.705. The number of benzene rings is 2. The van der Waals surface area contributed by atoms with E-state index >= 15 is 0 Å². The molecule has 0 bridgehead atoms. The maximum atomic E-state index is 10.9. The summed E-state index contributed by atoms with van der Waals surface area (Å²) in [5.41, 5.74) is 0.458. The molecule has 112 valence electrons. The summed E-state index contributed by atoms with van der Waals surface area (Å²) in [7, 11) is 0. The highest BCUT2D eigenvalue weighted by molar-refractivity contribution is 5.87. The molecule has 0 heterocycles. The molecule has 0 unspecified atom stereocenters. The van der Waals surface area contributed by atoms with Crippen LogP contribution in [-0.4, -0.2) is 21.2 Å². The van der Waals surface area contributed by atoms with Crippen LogP contribution in [0.25, 0.3) is 0 Å². The normalized spacial score (nSPS) is 10.8. The van der Waals surface area contributed by atoms with Crippen molar-refractivity contribution >= 4 is 23.3 Å². The van der Waals surface area contributed by atoms with E-state index in [-0.39, 0.29) is 11.3 Å². The summed E-state index contributed by atoms with van der Waals surface area (Å²) in [4.78, 5) is 24.4. The van der Waals surface area contributed by atoms with Gasteiger partial charge in [-0.25, -0.2) is 0 Å². The van der Waals surface area contributed by atoms with Gasteiger partial charge in [-0.2, -0.15) is 0 Å². The molecule has 0 aliphatic carbocycles. The van der Waals surface area contributed by atoms with Crippen molar-refractivity contribution in [3.63, 3.8) is 0 Å². The first kappa shape index (κ1) is 15.1.